The van der Waals surface area contributed by atoms with Crippen molar-refractivity contribution in [2.75, 3.05) is 11.9 Å². The van der Waals surface area contributed by atoms with Crippen LogP contribution in [-0.2, 0) is 4.79 Å². The standard InChI is InChI=1S/C13H18N2O/c1-10-9-12(7-8-14-10)15(2)11-3-5-13(16)6-4-11/h7-9,11H,3-6H2,1-2H3. The molecule has 0 bridgehead atoms. The molecule has 1 aliphatic carbocycles. The van der Waals surface area contributed by atoms with Gasteiger partial charge in [-0.25, -0.2) is 0 Å². The van der Waals surface area contributed by atoms with Gasteiger partial charge in [-0.3, -0.25) is 9.78 Å². The molecule has 3 nitrogen and oxygen atoms in total. The van der Waals surface area contributed by atoms with Crippen molar-refractivity contribution in [2.24, 2.45) is 0 Å². The molecular weight excluding hydrogens is 200 g/mol. The number of hydrogen-bond donors (Lipinski definition) is 0. The number of ketones is 1. The van der Waals surface area contributed by atoms with Gasteiger partial charge in [0.05, 0.1) is 0 Å². The smallest absolute Gasteiger partial charge is 0.133 e. The number of aromatic nitrogens is 1. The molecule has 1 saturated carbocycles. The zero-order valence-electron chi connectivity index (χ0n) is 9.94. The van der Waals surface area contributed by atoms with E-state index < -0.39 is 0 Å². The average Bonchev–Trinajstić information content (AvgIpc) is 2.29. The number of Topliss-reactive ketones (excluding diaryl/α,β-unsaturated/α-hetero) is 1. The highest BCUT2D eigenvalue weighted by atomic mass is 16.1. The van der Waals surface area contributed by atoms with Crippen molar-refractivity contribution < 1.29 is 4.79 Å². The fraction of sp³-hybridized carbons (Fsp3) is 0.538. The van der Waals surface area contributed by atoms with Crippen LogP contribution in [0.2, 0.25) is 0 Å². The fourth-order valence-corrected chi connectivity index (χ4v) is 2.27. The van der Waals surface area contributed by atoms with Crippen molar-refractivity contribution in [3.63, 3.8) is 0 Å². The van der Waals surface area contributed by atoms with Crippen molar-refractivity contribution in [2.45, 2.75) is 38.6 Å². The lowest BCUT2D eigenvalue weighted by Crippen LogP contribution is -2.35. The van der Waals surface area contributed by atoms with Gasteiger partial charge in [0, 0.05) is 43.5 Å². The van der Waals surface area contributed by atoms with Crippen molar-refractivity contribution in [3.8, 4) is 0 Å². The molecule has 3 heteroatoms. The molecule has 0 saturated heterocycles. The lowest BCUT2D eigenvalue weighted by atomic mass is 9.93. The van der Waals surface area contributed by atoms with Gasteiger partial charge in [-0.1, -0.05) is 0 Å². The summed E-state index contributed by atoms with van der Waals surface area (Å²) in [4.78, 5) is 17.7. The van der Waals surface area contributed by atoms with E-state index in [1.807, 2.05) is 19.2 Å². The molecule has 0 aromatic carbocycles. The van der Waals surface area contributed by atoms with Crippen molar-refractivity contribution >= 4 is 11.5 Å². The van der Waals surface area contributed by atoms with Gasteiger partial charge in [0.25, 0.3) is 0 Å². The molecule has 86 valence electrons. The Labute approximate surface area is 96.5 Å². The average molecular weight is 218 g/mol. The molecule has 0 N–H and O–H groups in total. The van der Waals surface area contributed by atoms with Crippen molar-refractivity contribution in [1.29, 1.82) is 0 Å². The highest BCUT2D eigenvalue weighted by Gasteiger charge is 2.22. The summed E-state index contributed by atoms with van der Waals surface area (Å²) in [7, 11) is 2.11. The minimum absolute atomic E-state index is 0.413. The second-order valence-electron chi connectivity index (χ2n) is 4.54. The third-order valence-electron chi connectivity index (χ3n) is 3.35. The van der Waals surface area contributed by atoms with Gasteiger partial charge in [-0.05, 0) is 31.9 Å². The first-order chi connectivity index (χ1) is 7.66. The Balaban J connectivity index is 2.07. The van der Waals surface area contributed by atoms with Crippen LogP contribution in [0.5, 0.6) is 0 Å². The molecule has 2 rings (SSSR count). The van der Waals surface area contributed by atoms with E-state index in [0.717, 1.165) is 31.4 Å². The maximum atomic E-state index is 11.2. The van der Waals surface area contributed by atoms with Gasteiger partial charge in [0.2, 0.25) is 0 Å². The van der Waals surface area contributed by atoms with Gasteiger partial charge in [-0.2, -0.15) is 0 Å². The second-order valence-corrected chi connectivity index (χ2v) is 4.54. The summed E-state index contributed by atoms with van der Waals surface area (Å²) in [5.74, 6) is 0.413. The van der Waals surface area contributed by atoms with E-state index >= 15 is 0 Å². The van der Waals surface area contributed by atoms with E-state index in [1.165, 1.54) is 5.69 Å². The van der Waals surface area contributed by atoms with Gasteiger partial charge in [0.1, 0.15) is 5.78 Å². The number of pyridine rings is 1. The molecule has 1 heterocycles. The quantitative estimate of drug-likeness (QED) is 0.764. The second kappa shape index (κ2) is 4.64. The van der Waals surface area contributed by atoms with Crippen LogP contribution in [0.4, 0.5) is 5.69 Å². The molecule has 1 aromatic rings. The molecular formula is C13H18N2O. The zero-order valence-corrected chi connectivity index (χ0v) is 9.94. The van der Waals surface area contributed by atoms with E-state index in [-0.39, 0.29) is 0 Å². The summed E-state index contributed by atoms with van der Waals surface area (Å²) in [6.45, 7) is 2.00. The van der Waals surface area contributed by atoms with Crippen LogP contribution in [0.25, 0.3) is 0 Å². The monoisotopic (exact) mass is 218 g/mol. The summed E-state index contributed by atoms with van der Waals surface area (Å²) < 4.78 is 0. The molecule has 1 aliphatic rings. The Bertz CT molecular complexity index is 379. The third-order valence-corrected chi connectivity index (χ3v) is 3.35. The number of carbonyl (C=O) groups excluding carboxylic acids is 1. The molecule has 1 fully saturated rings. The van der Waals surface area contributed by atoms with Crippen LogP contribution in [-0.4, -0.2) is 23.9 Å². The summed E-state index contributed by atoms with van der Waals surface area (Å²) in [5.41, 5.74) is 2.24. The number of hydrogen-bond acceptors (Lipinski definition) is 3. The van der Waals surface area contributed by atoms with E-state index in [4.69, 9.17) is 0 Å². The van der Waals surface area contributed by atoms with E-state index in [9.17, 15) is 4.79 Å². The predicted octanol–water partition coefficient (Wildman–Crippen LogP) is 2.34. The van der Waals surface area contributed by atoms with Crippen LogP contribution in [0.1, 0.15) is 31.4 Å². The highest BCUT2D eigenvalue weighted by Crippen LogP contribution is 2.24. The lowest BCUT2D eigenvalue weighted by Gasteiger charge is -2.32. The summed E-state index contributed by atoms with van der Waals surface area (Å²) >= 11 is 0. The normalized spacial score (nSPS) is 17.5. The summed E-state index contributed by atoms with van der Waals surface area (Å²) in [6.07, 6.45) is 5.28. The van der Waals surface area contributed by atoms with Crippen LogP contribution >= 0.6 is 0 Å². The molecule has 0 spiro atoms. The first kappa shape index (κ1) is 11.1. The SMILES string of the molecule is Cc1cc(N(C)C2CCC(=O)CC2)ccn1. The van der Waals surface area contributed by atoms with Gasteiger partial charge in [0.15, 0.2) is 0 Å². The highest BCUT2D eigenvalue weighted by molar-refractivity contribution is 5.79. The Morgan fingerprint density at radius 1 is 1.38 bits per heavy atom. The zero-order chi connectivity index (χ0) is 11.5. The van der Waals surface area contributed by atoms with E-state index in [0.29, 0.717) is 11.8 Å². The molecule has 0 atom stereocenters. The molecule has 16 heavy (non-hydrogen) atoms. The molecule has 0 unspecified atom stereocenters. The van der Waals surface area contributed by atoms with Crippen molar-refractivity contribution in [1.82, 2.24) is 4.98 Å². The number of anilines is 1. The van der Waals surface area contributed by atoms with Gasteiger partial charge < -0.3 is 4.90 Å². The molecule has 1 aromatic heterocycles. The molecule has 0 radical (unpaired) electrons. The topological polar surface area (TPSA) is 33.2 Å². The number of aryl methyl sites for hydroxylation is 1. The van der Waals surface area contributed by atoms with E-state index in [2.05, 4.69) is 23.0 Å². The van der Waals surface area contributed by atoms with Crippen molar-refractivity contribution in [3.05, 3.63) is 24.0 Å². The fourth-order valence-electron chi connectivity index (χ4n) is 2.27. The summed E-state index contributed by atoms with van der Waals surface area (Å²) in [6, 6.07) is 4.62. The van der Waals surface area contributed by atoms with Crippen LogP contribution < -0.4 is 4.90 Å². The molecule has 0 aliphatic heterocycles. The maximum absolute atomic E-state index is 11.2. The Morgan fingerprint density at radius 2 is 2.06 bits per heavy atom. The van der Waals surface area contributed by atoms with E-state index in [1.54, 1.807) is 0 Å². The van der Waals surface area contributed by atoms with Gasteiger partial charge >= 0.3 is 0 Å². The van der Waals surface area contributed by atoms with Crippen LogP contribution in [0, 0.1) is 6.92 Å². The maximum Gasteiger partial charge on any atom is 0.133 e. The van der Waals surface area contributed by atoms with Gasteiger partial charge in [-0.15, -0.1) is 0 Å². The Hall–Kier alpha value is -1.38. The minimum Gasteiger partial charge on any atom is -0.371 e. The number of rotatable bonds is 2. The minimum atomic E-state index is 0.413. The largest absolute Gasteiger partial charge is 0.371 e. The van der Waals surface area contributed by atoms with Crippen LogP contribution in [0.3, 0.4) is 0 Å². The Kier molecular flexibility index (Phi) is 3.22. The summed E-state index contributed by atoms with van der Waals surface area (Å²) in [5, 5.41) is 0. The number of nitrogens with zero attached hydrogens (tertiary/aromatic N) is 2. The van der Waals surface area contributed by atoms with Crippen LogP contribution in [0.15, 0.2) is 18.3 Å². The Morgan fingerprint density at radius 3 is 2.69 bits per heavy atom. The first-order valence-corrected chi connectivity index (χ1v) is 5.84. The lowest BCUT2D eigenvalue weighted by molar-refractivity contribution is -0.120. The number of carbonyl (C=O) groups is 1. The third kappa shape index (κ3) is 2.40. The predicted molar refractivity (Wildman–Crippen MR) is 64.6 cm³/mol. The molecule has 0 amide bonds. The first-order valence-electron chi connectivity index (χ1n) is 5.84.